The summed E-state index contributed by atoms with van der Waals surface area (Å²) in [5.74, 6) is -0.149. The minimum absolute atomic E-state index is 0.149. The molecule has 0 spiro atoms. The number of nitrogens with one attached hydrogen (secondary N) is 1. The van der Waals surface area contributed by atoms with Crippen molar-refractivity contribution >= 4 is 34.8 Å². The molecule has 1 amide bonds. The molecule has 0 unspecified atom stereocenters. The van der Waals surface area contributed by atoms with E-state index in [0.29, 0.717) is 5.56 Å². The van der Waals surface area contributed by atoms with Crippen LogP contribution in [0.25, 0.3) is 0 Å². The highest BCUT2D eigenvalue weighted by Crippen LogP contribution is 2.16. The van der Waals surface area contributed by atoms with Gasteiger partial charge in [0.1, 0.15) is 0 Å². The maximum absolute atomic E-state index is 11.9. The summed E-state index contributed by atoms with van der Waals surface area (Å²) in [6.07, 6.45) is 3.81. The fraction of sp³-hybridized carbons (Fsp3) is 0.286. The zero-order chi connectivity index (χ0) is 13.7. The summed E-state index contributed by atoms with van der Waals surface area (Å²) in [7, 11) is 0. The predicted octanol–water partition coefficient (Wildman–Crippen LogP) is 3.83. The standard InChI is InChI=1S/C14H16N2OS2/c1-3-4-12-7-11(9-19-12)14(17)16-15-8-13-10(2)5-6-18-13/h5-9H,3-4H2,1-2H3,(H,16,17)/b15-8+. The highest BCUT2D eigenvalue weighted by atomic mass is 32.1. The molecule has 0 radical (unpaired) electrons. The first-order valence-corrected chi connectivity index (χ1v) is 7.91. The lowest BCUT2D eigenvalue weighted by Crippen LogP contribution is -2.16. The van der Waals surface area contributed by atoms with Crippen molar-refractivity contribution in [3.63, 3.8) is 0 Å². The number of amides is 1. The Morgan fingerprint density at radius 1 is 1.47 bits per heavy atom. The number of thiophene rings is 2. The lowest BCUT2D eigenvalue weighted by molar-refractivity contribution is 0.0955. The van der Waals surface area contributed by atoms with Crippen molar-refractivity contribution in [1.29, 1.82) is 0 Å². The molecule has 2 heterocycles. The molecule has 2 rings (SSSR count). The molecular formula is C14H16N2OS2. The van der Waals surface area contributed by atoms with Crippen LogP contribution in [0.4, 0.5) is 0 Å². The van der Waals surface area contributed by atoms with Crippen LogP contribution < -0.4 is 5.43 Å². The Kier molecular flexibility index (Phi) is 4.87. The van der Waals surface area contributed by atoms with Gasteiger partial charge in [-0.1, -0.05) is 13.3 Å². The van der Waals surface area contributed by atoms with Gasteiger partial charge in [0.2, 0.25) is 0 Å². The average Bonchev–Trinajstić information content (AvgIpc) is 3.00. The third-order valence-corrected chi connectivity index (χ3v) is 4.61. The Bertz CT molecular complexity index is 584. The summed E-state index contributed by atoms with van der Waals surface area (Å²) in [5.41, 5.74) is 4.42. The van der Waals surface area contributed by atoms with Gasteiger partial charge in [0.15, 0.2) is 0 Å². The van der Waals surface area contributed by atoms with Crippen molar-refractivity contribution in [3.05, 3.63) is 43.8 Å². The summed E-state index contributed by atoms with van der Waals surface area (Å²) in [4.78, 5) is 14.2. The molecule has 0 atom stereocenters. The molecule has 0 aliphatic rings. The molecule has 3 nitrogen and oxygen atoms in total. The van der Waals surface area contributed by atoms with Gasteiger partial charge in [0, 0.05) is 15.1 Å². The van der Waals surface area contributed by atoms with E-state index in [9.17, 15) is 4.79 Å². The molecule has 0 saturated heterocycles. The second-order valence-corrected chi connectivity index (χ2v) is 6.16. The molecule has 5 heteroatoms. The summed E-state index contributed by atoms with van der Waals surface area (Å²) in [6, 6.07) is 3.97. The average molecular weight is 292 g/mol. The first-order chi connectivity index (χ1) is 9.20. The van der Waals surface area contributed by atoms with E-state index in [4.69, 9.17) is 0 Å². The maximum Gasteiger partial charge on any atom is 0.272 e. The van der Waals surface area contributed by atoms with Gasteiger partial charge in [-0.25, -0.2) is 5.43 Å². The minimum atomic E-state index is -0.149. The topological polar surface area (TPSA) is 41.5 Å². The zero-order valence-corrected chi connectivity index (χ0v) is 12.6. The van der Waals surface area contributed by atoms with Crippen molar-refractivity contribution < 1.29 is 4.79 Å². The number of nitrogens with zero attached hydrogens (tertiary/aromatic N) is 1. The molecule has 2 aromatic heterocycles. The second kappa shape index (κ2) is 6.63. The third-order valence-electron chi connectivity index (χ3n) is 2.66. The molecule has 0 aromatic carbocycles. The van der Waals surface area contributed by atoms with Crippen LogP contribution >= 0.6 is 22.7 Å². The molecule has 0 aliphatic heterocycles. The number of rotatable bonds is 5. The van der Waals surface area contributed by atoms with Crippen molar-refractivity contribution in [2.75, 3.05) is 0 Å². The van der Waals surface area contributed by atoms with Gasteiger partial charge in [0.25, 0.3) is 5.91 Å². The SMILES string of the molecule is CCCc1cc(C(=O)N/N=C/c2sccc2C)cs1. The molecule has 19 heavy (non-hydrogen) atoms. The monoisotopic (exact) mass is 292 g/mol. The van der Waals surface area contributed by atoms with Gasteiger partial charge >= 0.3 is 0 Å². The maximum atomic E-state index is 11.9. The van der Waals surface area contributed by atoms with E-state index < -0.39 is 0 Å². The van der Waals surface area contributed by atoms with Crippen LogP contribution in [0.15, 0.2) is 28.0 Å². The van der Waals surface area contributed by atoms with Crippen LogP contribution in [0.5, 0.6) is 0 Å². The number of carbonyl (C=O) groups excluding carboxylic acids is 1. The van der Waals surface area contributed by atoms with E-state index in [0.717, 1.165) is 17.7 Å². The number of hydrazone groups is 1. The van der Waals surface area contributed by atoms with Crippen LogP contribution in [0.3, 0.4) is 0 Å². The van der Waals surface area contributed by atoms with E-state index >= 15 is 0 Å². The van der Waals surface area contributed by atoms with Crippen LogP contribution in [0, 0.1) is 6.92 Å². The fourth-order valence-electron chi connectivity index (χ4n) is 1.61. The van der Waals surface area contributed by atoms with Crippen molar-refractivity contribution in [2.45, 2.75) is 26.7 Å². The van der Waals surface area contributed by atoms with Gasteiger partial charge in [0.05, 0.1) is 11.8 Å². The Labute approximate surface area is 121 Å². The van der Waals surface area contributed by atoms with Crippen LogP contribution in [-0.4, -0.2) is 12.1 Å². The van der Waals surface area contributed by atoms with Gasteiger partial charge < -0.3 is 0 Å². The van der Waals surface area contributed by atoms with Crippen LogP contribution in [0.1, 0.15) is 39.0 Å². The second-order valence-electron chi connectivity index (χ2n) is 4.22. The highest BCUT2D eigenvalue weighted by molar-refractivity contribution is 7.12. The quantitative estimate of drug-likeness (QED) is 0.660. The molecule has 0 fully saturated rings. The van der Waals surface area contributed by atoms with Crippen molar-refractivity contribution in [1.82, 2.24) is 5.43 Å². The normalized spacial score (nSPS) is 11.1. The molecule has 2 aromatic rings. The minimum Gasteiger partial charge on any atom is -0.267 e. The first-order valence-electron chi connectivity index (χ1n) is 6.15. The van der Waals surface area contributed by atoms with Crippen molar-refractivity contribution in [3.8, 4) is 0 Å². The zero-order valence-electron chi connectivity index (χ0n) is 11.0. The van der Waals surface area contributed by atoms with Gasteiger partial charge in [-0.05, 0) is 36.4 Å². The Hall–Kier alpha value is -1.46. The molecule has 0 bridgehead atoms. The van der Waals surface area contributed by atoms with Gasteiger partial charge in [-0.2, -0.15) is 5.10 Å². The lowest BCUT2D eigenvalue weighted by atomic mass is 10.2. The van der Waals surface area contributed by atoms with E-state index in [2.05, 4.69) is 17.5 Å². The number of hydrogen-bond acceptors (Lipinski definition) is 4. The molecule has 100 valence electrons. The molecule has 0 aliphatic carbocycles. The Balaban J connectivity index is 1.93. The molecule has 0 saturated carbocycles. The fourth-order valence-corrected chi connectivity index (χ4v) is 3.36. The number of aryl methyl sites for hydroxylation is 2. The number of carbonyl (C=O) groups is 1. The van der Waals surface area contributed by atoms with Crippen molar-refractivity contribution in [2.24, 2.45) is 5.10 Å². The van der Waals surface area contributed by atoms with Crippen LogP contribution in [0.2, 0.25) is 0 Å². The van der Waals surface area contributed by atoms with Gasteiger partial charge in [-0.3, -0.25) is 4.79 Å². The van der Waals surface area contributed by atoms with Gasteiger partial charge in [-0.15, -0.1) is 22.7 Å². The molecular weight excluding hydrogens is 276 g/mol. The highest BCUT2D eigenvalue weighted by Gasteiger charge is 2.07. The predicted molar refractivity (Wildman–Crippen MR) is 82.4 cm³/mol. The van der Waals surface area contributed by atoms with Crippen LogP contribution in [-0.2, 0) is 6.42 Å². The Morgan fingerprint density at radius 2 is 2.32 bits per heavy atom. The van der Waals surface area contributed by atoms with E-state index in [1.807, 2.05) is 29.8 Å². The summed E-state index contributed by atoms with van der Waals surface area (Å²) in [6.45, 7) is 4.16. The lowest BCUT2D eigenvalue weighted by Gasteiger charge is -1.95. The smallest absolute Gasteiger partial charge is 0.267 e. The van der Waals surface area contributed by atoms with E-state index in [1.165, 1.54) is 10.4 Å². The summed E-state index contributed by atoms with van der Waals surface area (Å²) < 4.78 is 0. The molecule has 1 N–H and O–H groups in total. The largest absolute Gasteiger partial charge is 0.272 e. The first kappa shape index (κ1) is 14.0. The van der Waals surface area contributed by atoms with E-state index in [-0.39, 0.29) is 5.91 Å². The third kappa shape index (κ3) is 3.75. The summed E-state index contributed by atoms with van der Waals surface area (Å²) >= 11 is 3.23. The Morgan fingerprint density at radius 3 is 3.00 bits per heavy atom. The summed E-state index contributed by atoms with van der Waals surface area (Å²) in [5, 5.41) is 7.89. The number of hydrogen-bond donors (Lipinski definition) is 1. The van der Waals surface area contributed by atoms with E-state index in [1.54, 1.807) is 28.9 Å².